The number of nitrogens with two attached hydrogens (primary N) is 1. The van der Waals surface area contributed by atoms with Gasteiger partial charge in [0.15, 0.2) is 11.5 Å². The van der Waals surface area contributed by atoms with Gasteiger partial charge in [-0.25, -0.2) is 0 Å². The Kier molecular flexibility index (Phi) is 5.23. The van der Waals surface area contributed by atoms with Crippen molar-refractivity contribution < 1.29 is 9.47 Å². The predicted molar refractivity (Wildman–Crippen MR) is 85.8 cm³/mol. The summed E-state index contributed by atoms with van der Waals surface area (Å²) < 4.78 is 11.6. The van der Waals surface area contributed by atoms with Crippen LogP contribution in [0, 0.1) is 0 Å². The van der Waals surface area contributed by atoms with E-state index in [0.717, 1.165) is 29.0 Å². The Morgan fingerprint density at radius 3 is 2.33 bits per heavy atom. The molecular weight excluding hydrogens is 262 g/mol. The highest BCUT2D eigenvalue weighted by atomic mass is 16.5. The zero-order valence-corrected chi connectivity index (χ0v) is 12.9. The molecule has 0 aliphatic carbocycles. The van der Waals surface area contributed by atoms with E-state index in [0.29, 0.717) is 0 Å². The molecular formula is C18H23NO2. The fourth-order valence-electron chi connectivity index (χ4n) is 2.33. The second-order valence-electron chi connectivity index (χ2n) is 5.30. The van der Waals surface area contributed by atoms with Crippen LogP contribution in [-0.4, -0.2) is 13.2 Å². The number of para-hydroxylation sites is 1. The van der Waals surface area contributed by atoms with Crippen LogP contribution in [0.25, 0.3) is 0 Å². The minimum Gasteiger partial charge on any atom is -0.493 e. The van der Waals surface area contributed by atoms with Crippen LogP contribution in [0.3, 0.4) is 0 Å². The lowest BCUT2D eigenvalue weighted by Gasteiger charge is -2.20. The molecule has 3 heteroatoms. The maximum absolute atomic E-state index is 6.17. The number of methoxy groups -OCH3 is 1. The molecule has 21 heavy (non-hydrogen) atoms. The minimum absolute atomic E-state index is 0.0469. The van der Waals surface area contributed by atoms with Gasteiger partial charge in [-0.05, 0) is 37.5 Å². The number of hydrogen-bond donors (Lipinski definition) is 1. The fourth-order valence-corrected chi connectivity index (χ4v) is 2.33. The molecule has 0 fully saturated rings. The normalized spacial score (nSPS) is 13.5. The van der Waals surface area contributed by atoms with Gasteiger partial charge in [-0.15, -0.1) is 0 Å². The third kappa shape index (κ3) is 3.99. The molecule has 2 aromatic rings. The van der Waals surface area contributed by atoms with Crippen molar-refractivity contribution in [3.8, 4) is 11.5 Å². The summed E-state index contributed by atoms with van der Waals surface area (Å²) in [5.41, 5.74) is 8.14. The molecule has 0 heterocycles. The standard InChI is InChI=1S/C18H23NO2/c1-13(19)12-16-10-7-11-17(20-3)18(16)21-14(2)15-8-5-4-6-9-15/h4-11,13-14H,12,19H2,1-3H3. The van der Waals surface area contributed by atoms with Gasteiger partial charge in [-0.3, -0.25) is 0 Å². The van der Waals surface area contributed by atoms with Crippen LogP contribution in [0.15, 0.2) is 48.5 Å². The molecule has 0 spiro atoms. The summed E-state index contributed by atoms with van der Waals surface area (Å²) in [4.78, 5) is 0. The van der Waals surface area contributed by atoms with Crippen LogP contribution in [0.5, 0.6) is 11.5 Å². The van der Waals surface area contributed by atoms with E-state index in [-0.39, 0.29) is 12.1 Å². The largest absolute Gasteiger partial charge is 0.493 e. The molecule has 2 N–H and O–H groups in total. The zero-order chi connectivity index (χ0) is 15.2. The second-order valence-corrected chi connectivity index (χ2v) is 5.30. The topological polar surface area (TPSA) is 44.5 Å². The lowest BCUT2D eigenvalue weighted by atomic mass is 10.1. The molecule has 0 saturated heterocycles. The lowest BCUT2D eigenvalue weighted by molar-refractivity contribution is 0.213. The minimum atomic E-state index is -0.0469. The summed E-state index contributed by atoms with van der Waals surface area (Å²) in [6, 6.07) is 16.2. The molecule has 3 nitrogen and oxygen atoms in total. The molecule has 0 bridgehead atoms. The summed E-state index contributed by atoms with van der Waals surface area (Å²) in [6.45, 7) is 4.03. The monoisotopic (exact) mass is 285 g/mol. The molecule has 112 valence electrons. The number of ether oxygens (including phenoxy) is 2. The van der Waals surface area contributed by atoms with Crippen LogP contribution >= 0.6 is 0 Å². The maximum atomic E-state index is 6.17. The smallest absolute Gasteiger partial charge is 0.165 e. The van der Waals surface area contributed by atoms with E-state index in [1.807, 2.05) is 50.2 Å². The van der Waals surface area contributed by atoms with Gasteiger partial charge < -0.3 is 15.2 Å². The first kappa shape index (κ1) is 15.4. The van der Waals surface area contributed by atoms with Gasteiger partial charge in [0.25, 0.3) is 0 Å². The molecule has 0 aliphatic heterocycles. The molecule has 0 aliphatic rings. The first-order chi connectivity index (χ1) is 10.1. The first-order valence-electron chi connectivity index (χ1n) is 7.25. The van der Waals surface area contributed by atoms with Gasteiger partial charge in [0.2, 0.25) is 0 Å². The third-order valence-electron chi connectivity index (χ3n) is 3.39. The Hall–Kier alpha value is -2.00. The third-order valence-corrected chi connectivity index (χ3v) is 3.39. The summed E-state index contributed by atoms with van der Waals surface area (Å²) in [6.07, 6.45) is 0.711. The van der Waals surface area contributed by atoms with E-state index in [1.54, 1.807) is 7.11 Å². The summed E-state index contributed by atoms with van der Waals surface area (Å²) in [5, 5.41) is 0. The number of hydrogen-bond acceptors (Lipinski definition) is 3. The van der Waals surface area contributed by atoms with Gasteiger partial charge in [0, 0.05) is 6.04 Å². The molecule has 2 atom stereocenters. The van der Waals surface area contributed by atoms with Crippen molar-refractivity contribution in [3.05, 3.63) is 59.7 Å². The molecule has 0 aromatic heterocycles. The van der Waals surface area contributed by atoms with E-state index in [9.17, 15) is 0 Å². The van der Waals surface area contributed by atoms with Crippen LogP contribution in [0.1, 0.15) is 31.1 Å². The molecule has 0 radical (unpaired) electrons. The van der Waals surface area contributed by atoms with Gasteiger partial charge in [-0.1, -0.05) is 42.5 Å². The van der Waals surface area contributed by atoms with E-state index >= 15 is 0 Å². The molecule has 0 saturated carbocycles. The second kappa shape index (κ2) is 7.14. The van der Waals surface area contributed by atoms with Crippen LogP contribution in [-0.2, 0) is 6.42 Å². The summed E-state index contributed by atoms with van der Waals surface area (Å²) in [7, 11) is 1.66. The Bertz CT molecular complexity index is 567. The van der Waals surface area contributed by atoms with Crippen molar-refractivity contribution in [3.63, 3.8) is 0 Å². The molecule has 2 aromatic carbocycles. The van der Waals surface area contributed by atoms with E-state index in [1.165, 1.54) is 0 Å². The average molecular weight is 285 g/mol. The SMILES string of the molecule is COc1cccc(CC(C)N)c1OC(C)c1ccccc1. The maximum Gasteiger partial charge on any atom is 0.165 e. The Morgan fingerprint density at radius 2 is 1.71 bits per heavy atom. The van der Waals surface area contributed by atoms with E-state index in [4.69, 9.17) is 15.2 Å². The highest BCUT2D eigenvalue weighted by Crippen LogP contribution is 2.35. The fraction of sp³-hybridized carbons (Fsp3) is 0.333. The number of benzene rings is 2. The van der Waals surface area contributed by atoms with Crippen LogP contribution in [0.4, 0.5) is 0 Å². The molecule has 2 rings (SSSR count). The van der Waals surface area contributed by atoms with Crippen LogP contribution < -0.4 is 15.2 Å². The van der Waals surface area contributed by atoms with Gasteiger partial charge >= 0.3 is 0 Å². The summed E-state index contributed by atoms with van der Waals surface area (Å²) in [5.74, 6) is 1.53. The highest BCUT2D eigenvalue weighted by Gasteiger charge is 2.15. The Balaban J connectivity index is 2.29. The Morgan fingerprint density at radius 1 is 1.00 bits per heavy atom. The Labute approximate surface area is 126 Å². The molecule has 0 amide bonds. The quantitative estimate of drug-likeness (QED) is 0.879. The van der Waals surface area contributed by atoms with E-state index in [2.05, 4.69) is 12.1 Å². The average Bonchev–Trinajstić information content (AvgIpc) is 2.49. The van der Waals surface area contributed by atoms with Crippen molar-refractivity contribution in [1.29, 1.82) is 0 Å². The first-order valence-corrected chi connectivity index (χ1v) is 7.25. The number of rotatable bonds is 6. The molecule has 2 unspecified atom stereocenters. The van der Waals surface area contributed by atoms with Crippen molar-refractivity contribution in [1.82, 2.24) is 0 Å². The van der Waals surface area contributed by atoms with Gasteiger partial charge in [0.05, 0.1) is 7.11 Å². The van der Waals surface area contributed by atoms with Gasteiger partial charge in [-0.2, -0.15) is 0 Å². The zero-order valence-electron chi connectivity index (χ0n) is 12.9. The van der Waals surface area contributed by atoms with Gasteiger partial charge in [0.1, 0.15) is 6.10 Å². The van der Waals surface area contributed by atoms with Crippen LogP contribution in [0.2, 0.25) is 0 Å². The predicted octanol–water partition coefficient (Wildman–Crippen LogP) is 3.72. The van der Waals surface area contributed by atoms with Crippen molar-refractivity contribution in [2.24, 2.45) is 5.73 Å². The van der Waals surface area contributed by atoms with Crippen molar-refractivity contribution in [2.75, 3.05) is 7.11 Å². The summed E-state index contributed by atoms with van der Waals surface area (Å²) >= 11 is 0. The van der Waals surface area contributed by atoms with Crippen molar-refractivity contribution in [2.45, 2.75) is 32.4 Å². The highest BCUT2D eigenvalue weighted by molar-refractivity contribution is 5.47. The van der Waals surface area contributed by atoms with Crippen molar-refractivity contribution >= 4 is 0 Å². The van der Waals surface area contributed by atoms with E-state index < -0.39 is 0 Å². The lowest BCUT2D eigenvalue weighted by Crippen LogP contribution is -2.18.